The maximum Gasteiger partial charge on any atom is 0.322 e. The fourth-order valence-electron chi connectivity index (χ4n) is 4.67. The van der Waals surface area contributed by atoms with E-state index < -0.39 is 11.6 Å². The maximum atomic E-state index is 13.1. The van der Waals surface area contributed by atoms with Crippen molar-refractivity contribution in [2.24, 2.45) is 0 Å². The van der Waals surface area contributed by atoms with Crippen LogP contribution in [0.3, 0.4) is 0 Å². The van der Waals surface area contributed by atoms with Crippen molar-refractivity contribution in [3.8, 4) is 0 Å². The van der Waals surface area contributed by atoms with Crippen LogP contribution in [0.15, 0.2) is 36.5 Å². The lowest BCUT2D eigenvalue weighted by atomic mass is 9.87. The van der Waals surface area contributed by atoms with Crippen LogP contribution < -0.4 is 10.6 Å². The summed E-state index contributed by atoms with van der Waals surface area (Å²) >= 11 is 1.70. The number of piperidine rings is 1. The Bertz CT molecular complexity index is 1250. The van der Waals surface area contributed by atoms with E-state index in [0.29, 0.717) is 36.6 Å². The second-order valence-electron chi connectivity index (χ2n) is 8.70. The molecule has 0 bridgehead atoms. The van der Waals surface area contributed by atoms with Crippen molar-refractivity contribution in [3.05, 3.63) is 58.2 Å². The third-order valence-electron chi connectivity index (χ3n) is 6.63. The van der Waals surface area contributed by atoms with Crippen molar-refractivity contribution in [2.45, 2.75) is 44.6 Å². The van der Waals surface area contributed by atoms with Crippen molar-refractivity contribution in [3.63, 3.8) is 0 Å². The first-order chi connectivity index (χ1) is 15.9. The summed E-state index contributed by atoms with van der Waals surface area (Å²) < 4.78 is 1.11. The lowest BCUT2D eigenvalue weighted by molar-refractivity contribution is -0.124. The van der Waals surface area contributed by atoms with Crippen LogP contribution in [0.25, 0.3) is 10.3 Å². The number of nitrogens with one attached hydrogen (secondary N) is 2. The first-order valence-electron chi connectivity index (χ1n) is 11.2. The van der Waals surface area contributed by atoms with E-state index in [2.05, 4.69) is 21.7 Å². The van der Waals surface area contributed by atoms with E-state index in [1.165, 1.54) is 0 Å². The molecule has 4 amide bonds. The van der Waals surface area contributed by atoms with Crippen LogP contribution in [0.5, 0.6) is 0 Å². The van der Waals surface area contributed by atoms with Crippen LogP contribution in [0.1, 0.15) is 58.6 Å². The monoisotopic (exact) mass is 463 g/mol. The topological polar surface area (TPSA) is 104 Å². The SMILES string of the molecule is CC[C@]1(c2ccc(C(=O)N3CCC(c4nc5ncc(C)cc5s4)CC3)cc2)NC(=O)NC1=O. The Hall–Kier alpha value is -3.33. The number of rotatable bonds is 4. The van der Waals surface area contributed by atoms with E-state index in [1.807, 2.05) is 24.9 Å². The smallest absolute Gasteiger partial charge is 0.322 e. The summed E-state index contributed by atoms with van der Waals surface area (Å²) in [6, 6.07) is 8.61. The Kier molecular flexibility index (Phi) is 5.36. The number of thiazole rings is 1. The Balaban J connectivity index is 1.26. The number of pyridine rings is 1. The second kappa shape index (κ2) is 8.22. The minimum atomic E-state index is -1.08. The second-order valence-corrected chi connectivity index (χ2v) is 9.76. The molecule has 0 unspecified atom stereocenters. The van der Waals surface area contributed by atoms with E-state index >= 15 is 0 Å². The molecule has 4 heterocycles. The summed E-state index contributed by atoms with van der Waals surface area (Å²) in [6.45, 7) is 5.22. The molecule has 5 rings (SSSR count). The summed E-state index contributed by atoms with van der Waals surface area (Å²) in [5.74, 6) is -0.0479. The molecule has 0 spiro atoms. The van der Waals surface area contributed by atoms with Crippen LogP contribution in [-0.4, -0.2) is 45.8 Å². The first kappa shape index (κ1) is 21.5. The van der Waals surface area contributed by atoms with Crippen molar-refractivity contribution in [1.29, 1.82) is 0 Å². The summed E-state index contributed by atoms with van der Waals surface area (Å²) in [4.78, 5) is 48.1. The number of benzene rings is 1. The van der Waals surface area contributed by atoms with Gasteiger partial charge in [-0.2, -0.15) is 0 Å². The van der Waals surface area contributed by atoms with Crippen molar-refractivity contribution in [2.75, 3.05) is 13.1 Å². The molecule has 33 heavy (non-hydrogen) atoms. The Morgan fingerprint density at radius 1 is 1.21 bits per heavy atom. The zero-order valence-corrected chi connectivity index (χ0v) is 19.4. The highest BCUT2D eigenvalue weighted by Crippen LogP contribution is 2.34. The summed E-state index contributed by atoms with van der Waals surface area (Å²) in [6.07, 6.45) is 4.00. The van der Waals surface area contributed by atoms with Gasteiger partial charge in [-0.25, -0.2) is 14.8 Å². The van der Waals surface area contributed by atoms with Crippen molar-refractivity contribution >= 4 is 39.5 Å². The molecular weight excluding hydrogens is 438 g/mol. The number of fused-ring (bicyclic) bond motifs is 1. The molecule has 8 nitrogen and oxygen atoms in total. The normalized spacial score (nSPS) is 21.3. The molecule has 2 aliphatic heterocycles. The average Bonchev–Trinajstić information content (AvgIpc) is 3.38. The van der Waals surface area contributed by atoms with E-state index in [1.54, 1.807) is 35.6 Å². The molecule has 1 aromatic carbocycles. The van der Waals surface area contributed by atoms with Gasteiger partial charge in [0.15, 0.2) is 5.65 Å². The molecule has 170 valence electrons. The third kappa shape index (κ3) is 3.76. The molecular formula is C24H25N5O3S. The zero-order valence-electron chi connectivity index (χ0n) is 18.6. The highest BCUT2D eigenvalue weighted by molar-refractivity contribution is 7.18. The molecule has 3 aromatic rings. The molecule has 0 saturated carbocycles. The van der Waals surface area contributed by atoms with E-state index in [0.717, 1.165) is 33.8 Å². The highest BCUT2D eigenvalue weighted by Gasteiger charge is 2.46. The van der Waals surface area contributed by atoms with Gasteiger partial charge in [-0.1, -0.05) is 19.1 Å². The highest BCUT2D eigenvalue weighted by atomic mass is 32.1. The molecule has 1 atom stereocenters. The minimum Gasteiger partial charge on any atom is -0.339 e. The van der Waals surface area contributed by atoms with Gasteiger partial charge in [-0.05, 0) is 55.5 Å². The molecule has 9 heteroatoms. The molecule has 2 N–H and O–H groups in total. The average molecular weight is 464 g/mol. The summed E-state index contributed by atoms with van der Waals surface area (Å²) in [7, 11) is 0. The molecule has 0 aliphatic carbocycles. The number of aromatic nitrogens is 2. The van der Waals surface area contributed by atoms with Crippen LogP contribution in [0, 0.1) is 6.92 Å². The van der Waals surface area contributed by atoms with Gasteiger partial charge in [0.05, 0.1) is 9.71 Å². The maximum absolute atomic E-state index is 13.1. The summed E-state index contributed by atoms with van der Waals surface area (Å²) in [5, 5.41) is 6.12. The molecule has 2 fully saturated rings. The number of urea groups is 1. The Labute approximate surface area is 195 Å². The number of amides is 4. The van der Waals surface area contributed by atoms with Gasteiger partial charge in [-0.3, -0.25) is 14.9 Å². The van der Waals surface area contributed by atoms with Crippen LogP contribution in [0.4, 0.5) is 4.79 Å². The quantitative estimate of drug-likeness (QED) is 0.577. The lowest BCUT2D eigenvalue weighted by Gasteiger charge is -2.31. The Morgan fingerprint density at radius 2 is 1.94 bits per heavy atom. The summed E-state index contributed by atoms with van der Waals surface area (Å²) in [5.41, 5.74) is 2.10. The number of likely N-dealkylation sites (tertiary alicyclic amines) is 1. The van der Waals surface area contributed by atoms with Gasteiger partial charge in [0.1, 0.15) is 5.54 Å². The van der Waals surface area contributed by atoms with Gasteiger partial charge in [0.2, 0.25) is 0 Å². The van der Waals surface area contributed by atoms with Crippen molar-refractivity contribution < 1.29 is 14.4 Å². The van der Waals surface area contributed by atoms with Gasteiger partial charge in [0, 0.05) is 30.8 Å². The zero-order chi connectivity index (χ0) is 23.2. The van der Waals surface area contributed by atoms with E-state index in [-0.39, 0.29) is 11.8 Å². The largest absolute Gasteiger partial charge is 0.339 e. The Morgan fingerprint density at radius 3 is 2.58 bits per heavy atom. The fourth-order valence-corrected chi connectivity index (χ4v) is 5.86. The number of aryl methyl sites for hydroxylation is 1. The standard InChI is InChI=1S/C24H25N5O3S/c1-3-24(22(31)27-23(32)28-24)17-6-4-16(5-7-17)21(30)29-10-8-15(9-11-29)20-26-19-18(33-20)12-14(2)13-25-19/h4-7,12-13,15H,3,8-11H2,1-2H3,(H2,27,28,31,32)/t24-/m1/s1. The number of imide groups is 1. The third-order valence-corrected chi connectivity index (χ3v) is 7.78. The fraction of sp³-hybridized carbons (Fsp3) is 0.375. The molecule has 2 saturated heterocycles. The minimum absolute atomic E-state index is 0.0213. The number of carbonyl (C=O) groups is 3. The molecule has 2 aromatic heterocycles. The van der Waals surface area contributed by atoms with Crippen LogP contribution in [0.2, 0.25) is 0 Å². The van der Waals surface area contributed by atoms with Gasteiger partial charge >= 0.3 is 6.03 Å². The number of carbonyl (C=O) groups excluding carboxylic acids is 3. The first-order valence-corrected chi connectivity index (χ1v) is 12.0. The molecule has 0 radical (unpaired) electrons. The number of nitrogens with zero attached hydrogens (tertiary/aromatic N) is 3. The lowest BCUT2D eigenvalue weighted by Crippen LogP contribution is -2.43. The van der Waals surface area contributed by atoms with Crippen molar-refractivity contribution in [1.82, 2.24) is 25.5 Å². The van der Waals surface area contributed by atoms with Crippen LogP contribution >= 0.6 is 11.3 Å². The predicted molar refractivity (Wildman–Crippen MR) is 125 cm³/mol. The van der Waals surface area contributed by atoms with E-state index in [4.69, 9.17) is 4.98 Å². The van der Waals surface area contributed by atoms with Gasteiger partial charge in [-0.15, -0.1) is 11.3 Å². The van der Waals surface area contributed by atoms with Gasteiger partial charge in [0.25, 0.3) is 11.8 Å². The number of hydrogen-bond donors (Lipinski definition) is 2. The van der Waals surface area contributed by atoms with Crippen LogP contribution in [-0.2, 0) is 10.3 Å². The number of hydrogen-bond acceptors (Lipinski definition) is 6. The van der Waals surface area contributed by atoms with Gasteiger partial charge < -0.3 is 10.2 Å². The predicted octanol–water partition coefficient (Wildman–Crippen LogP) is 3.46. The molecule has 2 aliphatic rings. The van der Waals surface area contributed by atoms with E-state index in [9.17, 15) is 14.4 Å².